The minimum absolute atomic E-state index is 0.0264. The van der Waals surface area contributed by atoms with E-state index in [2.05, 4.69) is 11.8 Å². The Labute approximate surface area is 222 Å². The van der Waals surface area contributed by atoms with Gasteiger partial charge in [0, 0.05) is 26.2 Å². The Bertz CT molecular complexity index is 1050. The number of morpholine rings is 1. The second-order valence-corrected chi connectivity index (χ2v) is 12.8. The summed E-state index contributed by atoms with van der Waals surface area (Å²) in [5, 5.41) is 0. The van der Waals surface area contributed by atoms with Crippen LogP contribution in [-0.2, 0) is 24.3 Å². The van der Waals surface area contributed by atoms with E-state index >= 15 is 0 Å². The van der Waals surface area contributed by atoms with Crippen LogP contribution in [0.15, 0.2) is 17.0 Å². The van der Waals surface area contributed by atoms with Gasteiger partial charge in [-0.1, -0.05) is 6.92 Å². The lowest BCUT2D eigenvalue weighted by atomic mass is 9.78. The van der Waals surface area contributed by atoms with Gasteiger partial charge in [0.2, 0.25) is 15.9 Å². The summed E-state index contributed by atoms with van der Waals surface area (Å²) in [4.78, 5) is 17.6. The maximum absolute atomic E-state index is 13.8. The number of aryl methyl sites for hydroxylation is 2. The zero-order valence-electron chi connectivity index (χ0n) is 23.0. The van der Waals surface area contributed by atoms with Crippen LogP contribution in [-0.4, -0.2) is 107 Å². The van der Waals surface area contributed by atoms with Gasteiger partial charge in [0.1, 0.15) is 12.4 Å². The summed E-state index contributed by atoms with van der Waals surface area (Å²) >= 11 is 0. The molecule has 0 aromatic heterocycles. The average molecular weight is 538 g/mol. The third-order valence-corrected chi connectivity index (χ3v) is 10.6. The van der Waals surface area contributed by atoms with Crippen molar-refractivity contribution in [3.8, 4) is 5.75 Å². The van der Waals surface area contributed by atoms with Crippen molar-refractivity contribution >= 4 is 15.9 Å². The molecule has 208 valence electrons. The van der Waals surface area contributed by atoms with Crippen LogP contribution in [0, 0.1) is 19.3 Å². The summed E-state index contributed by atoms with van der Waals surface area (Å²) in [6.45, 7) is 13.1. The van der Waals surface area contributed by atoms with Gasteiger partial charge in [0.15, 0.2) is 0 Å². The number of benzene rings is 1. The van der Waals surface area contributed by atoms with Gasteiger partial charge in [-0.2, -0.15) is 4.31 Å². The molecule has 3 saturated heterocycles. The molecule has 37 heavy (non-hydrogen) atoms. The highest BCUT2D eigenvalue weighted by molar-refractivity contribution is 7.89. The number of hydrogen-bond donors (Lipinski definition) is 0. The van der Waals surface area contributed by atoms with Crippen LogP contribution in [0.5, 0.6) is 5.75 Å². The highest BCUT2D eigenvalue weighted by Gasteiger charge is 2.41. The number of likely N-dealkylation sites (tertiary alicyclic amines) is 2. The molecular formula is C27H43N3O6S. The van der Waals surface area contributed by atoms with Crippen molar-refractivity contribution in [3.05, 3.63) is 23.3 Å². The lowest BCUT2D eigenvalue weighted by Gasteiger charge is -2.40. The number of rotatable bonds is 8. The number of ether oxygens (including phenoxy) is 3. The lowest BCUT2D eigenvalue weighted by Crippen LogP contribution is -2.53. The smallest absolute Gasteiger partial charge is 0.248 e. The van der Waals surface area contributed by atoms with Gasteiger partial charge in [-0.05, 0) is 81.8 Å². The Morgan fingerprint density at radius 1 is 1.14 bits per heavy atom. The van der Waals surface area contributed by atoms with Crippen LogP contribution >= 0.6 is 0 Å². The average Bonchev–Trinajstić information content (AvgIpc) is 3.27. The van der Waals surface area contributed by atoms with Crippen LogP contribution in [0.4, 0.5) is 0 Å². The Hall–Kier alpha value is -1.72. The summed E-state index contributed by atoms with van der Waals surface area (Å²) in [5.74, 6) is 0.600. The number of nitrogens with zero attached hydrogens (tertiary/aromatic N) is 3. The SMILES string of the molecule is CCN1CCC2(CCN(C(=O)COC[C@@H]3COC(C)CN3S(=O)(=O)c3c(C)cc(OC)cc3C)CC2)C1. The Morgan fingerprint density at radius 3 is 2.38 bits per heavy atom. The van der Waals surface area contributed by atoms with Gasteiger partial charge in [-0.25, -0.2) is 8.42 Å². The molecule has 0 N–H and O–H groups in total. The first-order valence-electron chi connectivity index (χ1n) is 13.4. The maximum Gasteiger partial charge on any atom is 0.248 e. The monoisotopic (exact) mass is 537 g/mol. The molecule has 3 heterocycles. The first-order chi connectivity index (χ1) is 17.6. The standard InChI is InChI=1S/C27H43N3O6S/c1-6-28-10-7-27(19-28)8-11-29(12-9-27)25(31)18-35-16-23-17-36-22(4)15-30(23)37(32,33)26-20(2)13-24(34-5)14-21(26)3/h13-14,22-23H,6-12,15-19H2,1-5H3/t22?,23-/m1/s1. The number of amides is 1. The summed E-state index contributed by atoms with van der Waals surface area (Å²) < 4.78 is 46.0. The molecule has 1 aromatic carbocycles. The van der Waals surface area contributed by atoms with Crippen molar-refractivity contribution in [2.24, 2.45) is 5.41 Å². The molecule has 1 aromatic rings. The normalized spacial score (nSPS) is 25.1. The van der Waals surface area contributed by atoms with E-state index in [0.717, 1.165) is 45.6 Å². The van der Waals surface area contributed by atoms with E-state index in [9.17, 15) is 13.2 Å². The Morgan fingerprint density at radius 2 is 1.78 bits per heavy atom. The first kappa shape index (κ1) is 28.3. The van der Waals surface area contributed by atoms with Crippen molar-refractivity contribution in [1.82, 2.24) is 14.1 Å². The predicted octanol–water partition coefficient (Wildman–Crippen LogP) is 2.44. The Kier molecular flexibility index (Phi) is 8.85. The number of carbonyl (C=O) groups is 1. The molecule has 3 aliphatic rings. The summed E-state index contributed by atoms with van der Waals surface area (Å²) in [7, 11) is -2.24. The van der Waals surface area contributed by atoms with Crippen LogP contribution < -0.4 is 4.74 Å². The quantitative estimate of drug-likeness (QED) is 0.503. The third kappa shape index (κ3) is 6.14. The fourth-order valence-corrected chi connectivity index (χ4v) is 8.19. The van der Waals surface area contributed by atoms with Gasteiger partial charge >= 0.3 is 0 Å². The van der Waals surface area contributed by atoms with Crippen molar-refractivity contribution in [1.29, 1.82) is 0 Å². The number of methoxy groups -OCH3 is 1. The van der Waals surface area contributed by atoms with Crippen LogP contribution in [0.3, 0.4) is 0 Å². The van der Waals surface area contributed by atoms with Gasteiger partial charge in [-0.15, -0.1) is 0 Å². The highest BCUT2D eigenvalue weighted by Crippen LogP contribution is 2.40. The zero-order chi connectivity index (χ0) is 26.8. The molecule has 3 fully saturated rings. The van der Waals surface area contributed by atoms with Crippen molar-refractivity contribution in [2.45, 2.75) is 64.0 Å². The van der Waals surface area contributed by atoms with E-state index in [-0.39, 0.29) is 38.4 Å². The van der Waals surface area contributed by atoms with Gasteiger partial charge in [0.25, 0.3) is 0 Å². The van der Waals surface area contributed by atoms with Crippen molar-refractivity contribution in [3.63, 3.8) is 0 Å². The summed E-state index contributed by atoms with van der Waals surface area (Å²) in [6.07, 6.45) is 3.06. The molecule has 1 amide bonds. The number of hydrogen-bond acceptors (Lipinski definition) is 7. The number of piperidine rings is 1. The molecule has 9 nitrogen and oxygen atoms in total. The van der Waals surface area contributed by atoms with E-state index in [0.29, 0.717) is 27.2 Å². The van der Waals surface area contributed by atoms with Gasteiger partial charge in [0.05, 0.1) is 37.4 Å². The van der Waals surface area contributed by atoms with E-state index in [1.54, 1.807) is 33.1 Å². The predicted molar refractivity (Wildman–Crippen MR) is 141 cm³/mol. The minimum Gasteiger partial charge on any atom is -0.497 e. The maximum atomic E-state index is 13.8. The zero-order valence-corrected chi connectivity index (χ0v) is 23.8. The molecule has 3 aliphatic heterocycles. The molecule has 4 rings (SSSR count). The first-order valence-corrected chi connectivity index (χ1v) is 14.9. The molecule has 0 saturated carbocycles. The molecule has 0 aliphatic carbocycles. The molecule has 1 unspecified atom stereocenters. The van der Waals surface area contributed by atoms with E-state index in [1.165, 1.54) is 10.7 Å². The van der Waals surface area contributed by atoms with Gasteiger partial charge < -0.3 is 24.0 Å². The third-order valence-electron chi connectivity index (χ3n) is 8.33. The molecule has 1 spiro atoms. The van der Waals surface area contributed by atoms with E-state index < -0.39 is 16.1 Å². The van der Waals surface area contributed by atoms with Crippen LogP contribution in [0.25, 0.3) is 0 Å². The lowest BCUT2D eigenvalue weighted by molar-refractivity contribution is -0.139. The summed E-state index contributed by atoms with van der Waals surface area (Å²) in [5.41, 5.74) is 1.63. The summed E-state index contributed by atoms with van der Waals surface area (Å²) in [6, 6.07) is 2.97. The molecule has 0 radical (unpaired) electrons. The minimum atomic E-state index is -3.80. The molecule has 2 atom stereocenters. The second kappa shape index (κ2) is 11.6. The fraction of sp³-hybridized carbons (Fsp3) is 0.741. The number of carbonyl (C=O) groups excluding carboxylic acids is 1. The number of sulfonamides is 1. The van der Waals surface area contributed by atoms with E-state index in [1.807, 2.05) is 11.8 Å². The van der Waals surface area contributed by atoms with Crippen molar-refractivity contribution < 1.29 is 27.4 Å². The van der Waals surface area contributed by atoms with Crippen LogP contribution in [0.2, 0.25) is 0 Å². The molecule has 10 heteroatoms. The topological polar surface area (TPSA) is 88.6 Å². The van der Waals surface area contributed by atoms with Crippen molar-refractivity contribution in [2.75, 3.05) is 66.2 Å². The van der Waals surface area contributed by atoms with E-state index in [4.69, 9.17) is 14.2 Å². The van der Waals surface area contributed by atoms with Crippen LogP contribution in [0.1, 0.15) is 44.2 Å². The fourth-order valence-electron chi connectivity index (χ4n) is 6.10. The molecule has 0 bridgehead atoms. The molecular weight excluding hydrogens is 494 g/mol. The second-order valence-electron chi connectivity index (χ2n) is 11.0. The largest absolute Gasteiger partial charge is 0.497 e. The highest BCUT2D eigenvalue weighted by atomic mass is 32.2. The van der Waals surface area contributed by atoms with Gasteiger partial charge in [-0.3, -0.25) is 4.79 Å². The Balaban J connectivity index is 1.36.